The van der Waals surface area contributed by atoms with Gasteiger partial charge in [0.25, 0.3) is 0 Å². The minimum Gasteiger partial charge on any atom is -0.491 e. The molecule has 0 saturated carbocycles. The molecule has 0 spiro atoms. The standard InChI is InChI=1S/C22H22I2O5/c1-2-3-8-19-21(15-7-4-5-9-18(15)29-19)28-14-12-16(23)22(17(24)13-14)27-11-6-10-20(25)26/h4-5,7,9,12-13H,2-3,6,8,10-11H2,1H3,(H,25,26). The van der Waals surface area contributed by atoms with E-state index in [2.05, 4.69) is 52.1 Å². The Morgan fingerprint density at radius 2 is 1.83 bits per heavy atom. The second-order valence-electron chi connectivity index (χ2n) is 6.62. The summed E-state index contributed by atoms with van der Waals surface area (Å²) in [5, 5.41) is 9.72. The van der Waals surface area contributed by atoms with E-state index in [-0.39, 0.29) is 6.42 Å². The Morgan fingerprint density at radius 3 is 2.52 bits per heavy atom. The van der Waals surface area contributed by atoms with E-state index in [1.165, 1.54) is 0 Å². The van der Waals surface area contributed by atoms with Gasteiger partial charge in [0.05, 0.1) is 19.1 Å². The summed E-state index contributed by atoms with van der Waals surface area (Å²) < 4.78 is 20.0. The van der Waals surface area contributed by atoms with E-state index >= 15 is 0 Å². The molecule has 0 amide bonds. The predicted octanol–water partition coefficient (Wildman–Crippen LogP) is 7.02. The molecule has 154 valence electrons. The fourth-order valence-electron chi connectivity index (χ4n) is 2.94. The molecule has 0 aliphatic heterocycles. The zero-order valence-corrected chi connectivity index (χ0v) is 20.4. The number of carboxylic acids is 1. The van der Waals surface area contributed by atoms with Crippen LogP contribution in [-0.4, -0.2) is 17.7 Å². The van der Waals surface area contributed by atoms with Crippen molar-refractivity contribution in [3.63, 3.8) is 0 Å². The van der Waals surface area contributed by atoms with Crippen LogP contribution in [0.4, 0.5) is 0 Å². The van der Waals surface area contributed by atoms with Crippen LogP contribution >= 0.6 is 45.2 Å². The van der Waals surface area contributed by atoms with Crippen LogP contribution < -0.4 is 9.47 Å². The first-order valence-corrected chi connectivity index (χ1v) is 11.7. The maximum atomic E-state index is 10.6. The molecule has 3 rings (SSSR count). The number of aliphatic carboxylic acids is 1. The normalized spacial score (nSPS) is 11.0. The van der Waals surface area contributed by atoms with Crippen LogP contribution in [0, 0.1) is 7.14 Å². The second kappa shape index (κ2) is 10.5. The number of hydrogen-bond donors (Lipinski definition) is 1. The molecule has 0 unspecified atom stereocenters. The number of furan rings is 1. The van der Waals surface area contributed by atoms with E-state index in [1.807, 2.05) is 36.4 Å². The Balaban J connectivity index is 1.82. The summed E-state index contributed by atoms with van der Waals surface area (Å²) in [6, 6.07) is 11.8. The lowest BCUT2D eigenvalue weighted by Gasteiger charge is -2.13. The van der Waals surface area contributed by atoms with E-state index < -0.39 is 5.97 Å². The van der Waals surface area contributed by atoms with E-state index in [1.54, 1.807) is 0 Å². The number of rotatable bonds is 10. The summed E-state index contributed by atoms with van der Waals surface area (Å²) >= 11 is 4.44. The van der Waals surface area contributed by atoms with Crippen molar-refractivity contribution in [3.05, 3.63) is 49.3 Å². The fraction of sp³-hybridized carbons (Fsp3) is 0.318. The lowest BCUT2D eigenvalue weighted by atomic mass is 10.1. The zero-order valence-electron chi connectivity index (χ0n) is 16.0. The van der Waals surface area contributed by atoms with Gasteiger partial charge in [0, 0.05) is 12.8 Å². The topological polar surface area (TPSA) is 68.9 Å². The van der Waals surface area contributed by atoms with E-state index in [4.69, 9.17) is 19.0 Å². The smallest absolute Gasteiger partial charge is 0.303 e. The number of halogens is 2. The summed E-state index contributed by atoms with van der Waals surface area (Å²) in [5.41, 5.74) is 0.830. The average Bonchev–Trinajstić information content (AvgIpc) is 3.02. The van der Waals surface area contributed by atoms with E-state index in [0.717, 1.165) is 60.4 Å². The molecule has 0 radical (unpaired) electrons. The van der Waals surface area contributed by atoms with Gasteiger partial charge in [-0.2, -0.15) is 0 Å². The van der Waals surface area contributed by atoms with Crippen LogP contribution in [0.3, 0.4) is 0 Å². The Morgan fingerprint density at radius 1 is 1.10 bits per heavy atom. The zero-order chi connectivity index (χ0) is 20.8. The number of fused-ring (bicyclic) bond motifs is 1. The average molecular weight is 620 g/mol. The Bertz CT molecular complexity index is 973. The van der Waals surface area contributed by atoms with Gasteiger partial charge in [-0.1, -0.05) is 25.5 Å². The first-order valence-electron chi connectivity index (χ1n) is 9.51. The molecule has 1 aromatic heterocycles. The molecule has 0 fully saturated rings. The SMILES string of the molecule is CCCCc1oc2ccccc2c1Oc1cc(I)c(OCCCC(=O)O)c(I)c1. The monoisotopic (exact) mass is 620 g/mol. The number of carboxylic acid groups (broad SMARTS) is 1. The molecule has 7 heteroatoms. The van der Waals surface area contributed by atoms with Crippen LogP contribution in [0.5, 0.6) is 17.2 Å². The number of carbonyl (C=O) groups is 1. The van der Waals surface area contributed by atoms with Crippen LogP contribution in [0.25, 0.3) is 11.0 Å². The van der Waals surface area contributed by atoms with Gasteiger partial charge in [-0.3, -0.25) is 4.79 Å². The third kappa shape index (κ3) is 5.78. The maximum absolute atomic E-state index is 10.6. The lowest BCUT2D eigenvalue weighted by Crippen LogP contribution is -2.04. The maximum Gasteiger partial charge on any atom is 0.303 e. The molecule has 0 bridgehead atoms. The minimum absolute atomic E-state index is 0.0997. The molecule has 0 aliphatic carbocycles. The van der Waals surface area contributed by atoms with Gasteiger partial charge in [0.2, 0.25) is 0 Å². The highest BCUT2D eigenvalue weighted by molar-refractivity contribution is 14.1. The quantitative estimate of drug-likeness (QED) is 0.195. The summed E-state index contributed by atoms with van der Waals surface area (Å²) in [5.74, 6) is 2.31. The Labute approximate surface area is 197 Å². The molecule has 3 aromatic rings. The highest BCUT2D eigenvalue weighted by atomic mass is 127. The van der Waals surface area contributed by atoms with Crippen molar-refractivity contribution in [2.24, 2.45) is 0 Å². The molecular formula is C22H22I2O5. The van der Waals surface area contributed by atoms with Gasteiger partial charge in [-0.05, 0) is 82.3 Å². The fourth-order valence-corrected chi connectivity index (χ4v) is 4.96. The van der Waals surface area contributed by atoms with Crippen molar-refractivity contribution >= 4 is 62.1 Å². The van der Waals surface area contributed by atoms with Gasteiger partial charge < -0.3 is 19.0 Å². The van der Waals surface area contributed by atoms with Crippen molar-refractivity contribution in [3.8, 4) is 17.2 Å². The summed E-state index contributed by atoms with van der Waals surface area (Å²) in [7, 11) is 0. The number of para-hydroxylation sites is 1. The third-order valence-electron chi connectivity index (χ3n) is 4.35. The lowest BCUT2D eigenvalue weighted by molar-refractivity contribution is -0.137. The van der Waals surface area contributed by atoms with Crippen LogP contribution in [0.15, 0.2) is 40.8 Å². The molecule has 0 aliphatic rings. The van der Waals surface area contributed by atoms with Gasteiger partial charge >= 0.3 is 5.97 Å². The number of benzene rings is 2. The van der Waals surface area contributed by atoms with Crippen LogP contribution in [0.2, 0.25) is 0 Å². The molecule has 1 N–H and O–H groups in total. The number of hydrogen-bond acceptors (Lipinski definition) is 4. The summed E-state index contributed by atoms with van der Waals surface area (Å²) in [4.78, 5) is 10.6. The van der Waals surface area contributed by atoms with Gasteiger partial charge in [-0.15, -0.1) is 0 Å². The third-order valence-corrected chi connectivity index (χ3v) is 5.95. The minimum atomic E-state index is -0.812. The van der Waals surface area contributed by atoms with Gasteiger partial charge in [0.1, 0.15) is 22.8 Å². The van der Waals surface area contributed by atoms with Gasteiger partial charge in [-0.25, -0.2) is 0 Å². The van der Waals surface area contributed by atoms with Crippen molar-refractivity contribution in [2.75, 3.05) is 6.61 Å². The molecule has 2 aromatic carbocycles. The molecular weight excluding hydrogens is 598 g/mol. The van der Waals surface area contributed by atoms with Crippen molar-refractivity contribution in [1.29, 1.82) is 0 Å². The highest BCUT2D eigenvalue weighted by Gasteiger charge is 2.18. The predicted molar refractivity (Wildman–Crippen MR) is 129 cm³/mol. The number of unbranched alkanes of at least 4 members (excludes halogenated alkanes) is 1. The summed E-state index contributed by atoms with van der Waals surface area (Å²) in [6.07, 6.45) is 3.53. The number of ether oxygens (including phenoxy) is 2. The number of aryl methyl sites for hydroxylation is 1. The molecule has 1 heterocycles. The van der Waals surface area contributed by atoms with E-state index in [9.17, 15) is 4.79 Å². The van der Waals surface area contributed by atoms with Crippen LogP contribution in [0.1, 0.15) is 38.4 Å². The summed E-state index contributed by atoms with van der Waals surface area (Å²) in [6.45, 7) is 2.52. The Kier molecular flexibility index (Phi) is 8.05. The van der Waals surface area contributed by atoms with Crippen LogP contribution in [-0.2, 0) is 11.2 Å². The first-order chi connectivity index (χ1) is 14.0. The molecule has 5 nitrogen and oxygen atoms in total. The molecule has 0 atom stereocenters. The highest BCUT2D eigenvalue weighted by Crippen LogP contribution is 2.39. The van der Waals surface area contributed by atoms with Crippen molar-refractivity contribution in [1.82, 2.24) is 0 Å². The Hall–Kier alpha value is -1.49. The van der Waals surface area contributed by atoms with Crippen molar-refractivity contribution in [2.45, 2.75) is 39.0 Å². The largest absolute Gasteiger partial charge is 0.491 e. The second-order valence-corrected chi connectivity index (χ2v) is 8.94. The molecule has 29 heavy (non-hydrogen) atoms. The van der Waals surface area contributed by atoms with Crippen molar-refractivity contribution < 1.29 is 23.8 Å². The van der Waals surface area contributed by atoms with Gasteiger partial charge in [0.15, 0.2) is 5.75 Å². The molecule has 0 saturated heterocycles. The van der Waals surface area contributed by atoms with E-state index in [0.29, 0.717) is 13.0 Å². The first kappa shape index (κ1) is 22.2.